The second-order valence-electron chi connectivity index (χ2n) is 3.74. The molecule has 1 saturated heterocycles. The first-order valence-corrected chi connectivity index (χ1v) is 5.45. The van der Waals surface area contributed by atoms with E-state index in [-0.39, 0.29) is 11.9 Å². The fraction of sp³-hybridized carbons (Fsp3) is 0.364. The van der Waals surface area contributed by atoms with Crippen molar-refractivity contribution in [1.29, 1.82) is 0 Å². The van der Waals surface area contributed by atoms with E-state index in [1.165, 1.54) is 0 Å². The maximum atomic E-state index is 11.8. The van der Waals surface area contributed by atoms with Crippen molar-refractivity contribution in [2.75, 3.05) is 13.1 Å². The van der Waals surface area contributed by atoms with E-state index in [9.17, 15) is 4.79 Å². The van der Waals surface area contributed by atoms with Gasteiger partial charge in [0.25, 0.3) is 5.91 Å². The monoisotopic (exact) mass is 222 g/mol. The first-order valence-electron chi connectivity index (χ1n) is 5.05. The highest BCUT2D eigenvalue weighted by atomic mass is 32.1. The smallest absolute Gasteiger partial charge is 0.251 e. The van der Waals surface area contributed by atoms with Crippen LogP contribution in [0.1, 0.15) is 16.8 Å². The van der Waals surface area contributed by atoms with Gasteiger partial charge in [-0.25, -0.2) is 0 Å². The van der Waals surface area contributed by atoms with Gasteiger partial charge in [0.2, 0.25) is 0 Å². The molecule has 1 unspecified atom stereocenters. The lowest BCUT2D eigenvalue weighted by molar-refractivity contribution is 0.0939. The van der Waals surface area contributed by atoms with Crippen LogP contribution < -0.4 is 5.32 Å². The molecule has 0 aromatic heterocycles. The SMILES string of the molecule is O=C(NC1CCN(S)C1)c1ccccc1. The summed E-state index contributed by atoms with van der Waals surface area (Å²) < 4.78 is 1.93. The number of benzene rings is 1. The number of carbonyl (C=O) groups excluding carboxylic acids is 1. The van der Waals surface area contributed by atoms with Crippen molar-refractivity contribution in [3.63, 3.8) is 0 Å². The molecule has 1 aromatic rings. The van der Waals surface area contributed by atoms with E-state index in [1.54, 1.807) is 0 Å². The fourth-order valence-corrected chi connectivity index (χ4v) is 2.03. The third-order valence-electron chi connectivity index (χ3n) is 2.54. The molecule has 0 spiro atoms. The van der Waals surface area contributed by atoms with Gasteiger partial charge in [-0.1, -0.05) is 31.0 Å². The lowest BCUT2D eigenvalue weighted by Crippen LogP contribution is -2.35. The molecule has 1 aromatic carbocycles. The molecular formula is C11H14N2OS. The van der Waals surface area contributed by atoms with Gasteiger partial charge in [-0.2, -0.15) is 0 Å². The van der Waals surface area contributed by atoms with Crippen molar-refractivity contribution < 1.29 is 4.79 Å². The summed E-state index contributed by atoms with van der Waals surface area (Å²) in [5.74, 6) is 0.00392. The second kappa shape index (κ2) is 4.68. The fourth-order valence-electron chi connectivity index (χ4n) is 1.72. The van der Waals surface area contributed by atoms with Crippen LogP contribution in [0.15, 0.2) is 30.3 Å². The Hall–Kier alpha value is -1.00. The van der Waals surface area contributed by atoms with Gasteiger partial charge >= 0.3 is 0 Å². The van der Waals surface area contributed by atoms with Gasteiger partial charge in [0.15, 0.2) is 0 Å². The molecule has 1 atom stereocenters. The van der Waals surface area contributed by atoms with Gasteiger partial charge in [0.05, 0.1) is 0 Å². The predicted octanol–water partition coefficient (Wildman–Crippen LogP) is 1.34. The van der Waals surface area contributed by atoms with E-state index >= 15 is 0 Å². The van der Waals surface area contributed by atoms with Gasteiger partial charge in [-0.15, -0.1) is 0 Å². The van der Waals surface area contributed by atoms with Crippen molar-refractivity contribution in [2.24, 2.45) is 0 Å². The number of hydrogen-bond acceptors (Lipinski definition) is 3. The zero-order valence-electron chi connectivity index (χ0n) is 8.39. The summed E-state index contributed by atoms with van der Waals surface area (Å²) in [5.41, 5.74) is 0.718. The summed E-state index contributed by atoms with van der Waals surface area (Å²) in [7, 11) is 0. The van der Waals surface area contributed by atoms with Crippen molar-refractivity contribution in [2.45, 2.75) is 12.5 Å². The van der Waals surface area contributed by atoms with Crippen LogP contribution in [0, 0.1) is 0 Å². The van der Waals surface area contributed by atoms with Crippen LogP contribution in [-0.2, 0) is 0 Å². The molecule has 0 radical (unpaired) electrons. The molecule has 0 aliphatic carbocycles. The molecule has 4 heteroatoms. The number of amides is 1. The van der Waals surface area contributed by atoms with E-state index in [2.05, 4.69) is 18.1 Å². The maximum absolute atomic E-state index is 11.8. The van der Waals surface area contributed by atoms with Crippen LogP contribution in [0.4, 0.5) is 0 Å². The van der Waals surface area contributed by atoms with Crippen LogP contribution >= 0.6 is 12.8 Å². The third-order valence-corrected chi connectivity index (χ3v) is 2.90. The first-order chi connectivity index (χ1) is 7.25. The average molecular weight is 222 g/mol. The quantitative estimate of drug-likeness (QED) is 0.740. The van der Waals surface area contributed by atoms with Crippen molar-refractivity contribution in [3.05, 3.63) is 35.9 Å². The summed E-state index contributed by atoms with van der Waals surface area (Å²) in [6, 6.07) is 9.52. The van der Waals surface area contributed by atoms with Crippen molar-refractivity contribution in [3.8, 4) is 0 Å². The minimum atomic E-state index is 0.00392. The molecule has 1 aliphatic rings. The molecule has 15 heavy (non-hydrogen) atoms. The third kappa shape index (κ3) is 2.73. The van der Waals surface area contributed by atoms with Gasteiger partial charge in [0.1, 0.15) is 0 Å². The highest BCUT2D eigenvalue weighted by molar-refractivity contribution is 7.77. The lowest BCUT2D eigenvalue weighted by Gasteiger charge is -2.12. The molecule has 1 fully saturated rings. The summed E-state index contributed by atoms with van der Waals surface area (Å²) in [4.78, 5) is 11.8. The number of rotatable bonds is 2. The summed E-state index contributed by atoms with van der Waals surface area (Å²) in [6.45, 7) is 1.75. The topological polar surface area (TPSA) is 32.3 Å². The van der Waals surface area contributed by atoms with E-state index in [0.717, 1.165) is 25.1 Å². The number of carbonyl (C=O) groups is 1. The summed E-state index contributed by atoms with van der Waals surface area (Å²) in [6.07, 6.45) is 0.974. The molecule has 0 bridgehead atoms. The first kappa shape index (κ1) is 10.5. The van der Waals surface area contributed by atoms with Gasteiger partial charge in [0, 0.05) is 24.7 Å². The van der Waals surface area contributed by atoms with E-state index in [1.807, 2.05) is 34.6 Å². The zero-order valence-corrected chi connectivity index (χ0v) is 9.28. The highest BCUT2D eigenvalue weighted by Crippen LogP contribution is 2.11. The largest absolute Gasteiger partial charge is 0.348 e. The van der Waals surface area contributed by atoms with Crippen molar-refractivity contribution >= 4 is 18.7 Å². The highest BCUT2D eigenvalue weighted by Gasteiger charge is 2.21. The Morgan fingerprint density at radius 3 is 2.73 bits per heavy atom. The standard InChI is InChI=1S/C11H14N2OS/c14-11(9-4-2-1-3-5-9)12-10-6-7-13(15)8-10/h1-5,10,15H,6-8H2,(H,12,14). The number of nitrogens with one attached hydrogen (secondary N) is 1. The van der Waals surface area contributed by atoms with Gasteiger partial charge in [-0.05, 0) is 18.6 Å². The van der Waals surface area contributed by atoms with Crippen LogP contribution in [0.2, 0.25) is 0 Å². The second-order valence-corrected chi connectivity index (χ2v) is 4.30. The Kier molecular flexibility index (Phi) is 3.28. The Morgan fingerprint density at radius 1 is 1.40 bits per heavy atom. The molecular weight excluding hydrogens is 208 g/mol. The number of hydrogen-bond donors (Lipinski definition) is 2. The molecule has 80 valence electrons. The summed E-state index contributed by atoms with van der Waals surface area (Å²) >= 11 is 4.24. The normalized spacial score (nSPS) is 21.5. The Bertz CT molecular complexity index is 342. The average Bonchev–Trinajstić information content (AvgIpc) is 2.65. The number of thiol groups is 1. The van der Waals surface area contributed by atoms with Gasteiger partial charge in [-0.3, -0.25) is 9.10 Å². The van der Waals surface area contributed by atoms with Crippen LogP contribution in [0.25, 0.3) is 0 Å². The van der Waals surface area contributed by atoms with E-state index < -0.39 is 0 Å². The number of nitrogens with zero attached hydrogens (tertiary/aromatic N) is 1. The summed E-state index contributed by atoms with van der Waals surface area (Å²) in [5, 5.41) is 3.00. The van der Waals surface area contributed by atoms with Crippen LogP contribution in [0.3, 0.4) is 0 Å². The van der Waals surface area contributed by atoms with E-state index in [0.29, 0.717) is 0 Å². The molecule has 1 N–H and O–H groups in total. The van der Waals surface area contributed by atoms with E-state index in [4.69, 9.17) is 0 Å². The molecule has 3 nitrogen and oxygen atoms in total. The lowest BCUT2D eigenvalue weighted by atomic mass is 10.2. The minimum Gasteiger partial charge on any atom is -0.348 e. The zero-order chi connectivity index (χ0) is 10.7. The molecule has 2 rings (SSSR count). The molecule has 1 aliphatic heterocycles. The molecule has 1 heterocycles. The van der Waals surface area contributed by atoms with Crippen LogP contribution in [0.5, 0.6) is 0 Å². The van der Waals surface area contributed by atoms with Gasteiger partial charge < -0.3 is 5.32 Å². The maximum Gasteiger partial charge on any atom is 0.251 e. The Balaban J connectivity index is 1.93. The van der Waals surface area contributed by atoms with Crippen LogP contribution in [-0.4, -0.2) is 29.3 Å². The molecule has 1 amide bonds. The van der Waals surface area contributed by atoms with Crippen molar-refractivity contribution in [1.82, 2.24) is 9.62 Å². The minimum absolute atomic E-state index is 0.00392. The Labute approximate surface area is 95.0 Å². The molecule has 0 saturated carbocycles. The predicted molar refractivity (Wildman–Crippen MR) is 62.9 cm³/mol. The Morgan fingerprint density at radius 2 is 2.13 bits per heavy atom.